The molecule has 1 aliphatic carbocycles. The largest absolute Gasteiger partial charge is 0.441 e. The molecule has 1 heterocycles. The van der Waals surface area contributed by atoms with E-state index < -0.39 is 0 Å². The zero-order valence-corrected chi connectivity index (χ0v) is 8.21. The quantitative estimate of drug-likeness (QED) is 0.623. The molecule has 1 aliphatic heterocycles. The van der Waals surface area contributed by atoms with E-state index in [1.165, 1.54) is 19.3 Å². The molecule has 13 heavy (non-hydrogen) atoms. The number of amides is 1. The fourth-order valence-corrected chi connectivity index (χ4v) is 2.39. The summed E-state index contributed by atoms with van der Waals surface area (Å²) >= 11 is 0. The van der Waals surface area contributed by atoms with E-state index >= 15 is 0 Å². The van der Waals surface area contributed by atoms with Gasteiger partial charge in [0.15, 0.2) is 0 Å². The normalized spacial score (nSPS) is 26.5. The van der Waals surface area contributed by atoms with E-state index in [1.807, 2.05) is 11.8 Å². The molecule has 3 heteroatoms. The van der Waals surface area contributed by atoms with E-state index in [4.69, 9.17) is 4.74 Å². The van der Waals surface area contributed by atoms with Crippen molar-refractivity contribution in [1.82, 2.24) is 4.90 Å². The highest BCUT2D eigenvalue weighted by Crippen LogP contribution is 2.36. The third kappa shape index (κ3) is 1.52. The Bertz CT molecular complexity index is 209. The van der Waals surface area contributed by atoms with Crippen LogP contribution in [0.1, 0.15) is 39.0 Å². The van der Waals surface area contributed by atoms with E-state index in [-0.39, 0.29) is 11.7 Å². The number of ether oxygens (including phenoxy) is 1. The van der Waals surface area contributed by atoms with Gasteiger partial charge >= 0.3 is 6.09 Å². The van der Waals surface area contributed by atoms with Gasteiger partial charge in [-0.05, 0) is 32.6 Å². The summed E-state index contributed by atoms with van der Waals surface area (Å²) in [7, 11) is 0. The molecule has 1 saturated heterocycles. The van der Waals surface area contributed by atoms with Gasteiger partial charge in [-0.15, -0.1) is 0 Å². The predicted octanol–water partition coefficient (Wildman–Crippen LogP) is 2.16. The van der Waals surface area contributed by atoms with Gasteiger partial charge in [-0.2, -0.15) is 0 Å². The second kappa shape index (κ2) is 3.20. The summed E-state index contributed by atoms with van der Waals surface area (Å²) in [5.41, 5.74) is -0.106. The monoisotopic (exact) mass is 183 g/mol. The van der Waals surface area contributed by atoms with Gasteiger partial charge < -0.3 is 9.64 Å². The second-order valence-corrected chi connectivity index (χ2v) is 4.13. The molecule has 1 spiro atoms. The molecular formula is C10H17NO2. The van der Waals surface area contributed by atoms with Gasteiger partial charge in [0.05, 0.1) is 6.54 Å². The fourth-order valence-electron chi connectivity index (χ4n) is 2.39. The Morgan fingerprint density at radius 3 is 2.62 bits per heavy atom. The first-order valence-corrected chi connectivity index (χ1v) is 5.24. The van der Waals surface area contributed by atoms with Crippen molar-refractivity contribution in [2.24, 2.45) is 0 Å². The fraction of sp³-hybridized carbons (Fsp3) is 0.900. The predicted molar refractivity (Wildman–Crippen MR) is 49.5 cm³/mol. The molecule has 0 N–H and O–H groups in total. The molecule has 2 rings (SSSR count). The van der Waals surface area contributed by atoms with Crippen LogP contribution in [-0.4, -0.2) is 29.7 Å². The van der Waals surface area contributed by atoms with E-state index in [0.717, 1.165) is 25.9 Å². The minimum absolute atomic E-state index is 0.106. The standard InChI is InChI=1S/C10H17NO2/c1-2-11-8-10(13-9(11)12)6-4-3-5-7-10/h2-8H2,1H3. The van der Waals surface area contributed by atoms with Crippen molar-refractivity contribution in [3.8, 4) is 0 Å². The molecule has 0 bridgehead atoms. The Morgan fingerprint density at radius 2 is 2.08 bits per heavy atom. The highest BCUT2D eigenvalue weighted by atomic mass is 16.6. The molecule has 0 radical (unpaired) electrons. The number of carbonyl (C=O) groups is 1. The zero-order chi connectivity index (χ0) is 9.31. The minimum atomic E-state index is -0.107. The van der Waals surface area contributed by atoms with Crippen molar-refractivity contribution < 1.29 is 9.53 Å². The Balaban J connectivity index is 2.05. The molecule has 0 atom stereocenters. The maximum Gasteiger partial charge on any atom is 0.410 e. The number of carbonyl (C=O) groups excluding carboxylic acids is 1. The van der Waals surface area contributed by atoms with Crippen molar-refractivity contribution in [3.63, 3.8) is 0 Å². The Kier molecular flexibility index (Phi) is 2.18. The summed E-state index contributed by atoms with van der Waals surface area (Å²) in [6.07, 6.45) is 5.75. The molecule has 0 aromatic rings. The molecule has 1 saturated carbocycles. The summed E-state index contributed by atoms with van der Waals surface area (Å²) in [6.45, 7) is 3.60. The average Bonchev–Trinajstić information content (AvgIpc) is 2.44. The van der Waals surface area contributed by atoms with E-state index in [9.17, 15) is 4.79 Å². The molecule has 2 fully saturated rings. The zero-order valence-electron chi connectivity index (χ0n) is 8.21. The van der Waals surface area contributed by atoms with Crippen LogP contribution in [0.3, 0.4) is 0 Å². The van der Waals surface area contributed by atoms with Crippen LogP contribution in [-0.2, 0) is 4.74 Å². The van der Waals surface area contributed by atoms with Crippen molar-refractivity contribution in [2.45, 2.75) is 44.6 Å². The highest BCUT2D eigenvalue weighted by Gasteiger charge is 2.44. The molecule has 3 nitrogen and oxygen atoms in total. The molecule has 74 valence electrons. The molecule has 0 aromatic carbocycles. The lowest BCUT2D eigenvalue weighted by Gasteiger charge is -2.30. The first kappa shape index (κ1) is 8.85. The first-order chi connectivity index (χ1) is 6.26. The highest BCUT2D eigenvalue weighted by molar-refractivity contribution is 5.70. The number of likely N-dealkylation sites (N-methyl/N-ethyl adjacent to an activating group) is 1. The number of hydrogen-bond donors (Lipinski definition) is 0. The Morgan fingerprint density at radius 1 is 1.38 bits per heavy atom. The van der Waals surface area contributed by atoms with Crippen LogP contribution >= 0.6 is 0 Å². The molecule has 1 amide bonds. The third-order valence-corrected chi connectivity index (χ3v) is 3.19. The molecular weight excluding hydrogens is 166 g/mol. The van der Waals surface area contributed by atoms with Gasteiger partial charge in [0.25, 0.3) is 0 Å². The van der Waals surface area contributed by atoms with Gasteiger partial charge in [0, 0.05) is 6.54 Å². The second-order valence-electron chi connectivity index (χ2n) is 4.13. The number of nitrogens with zero attached hydrogens (tertiary/aromatic N) is 1. The van der Waals surface area contributed by atoms with Crippen LogP contribution in [0.15, 0.2) is 0 Å². The molecule has 2 aliphatic rings. The van der Waals surface area contributed by atoms with Crippen molar-refractivity contribution in [1.29, 1.82) is 0 Å². The van der Waals surface area contributed by atoms with Crippen LogP contribution in [0.2, 0.25) is 0 Å². The third-order valence-electron chi connectivity index (χ3n) is 3.19. The van der Waals surface area contributed by atoms with Crippen LogP contribution in [0, 0.1) is 0 Å². The van der Waals surface area contributed by atoms with Crippen LogP contribution in [0.25, 0.3) is 0 Å². The van der Waals surface area contributed by atoms with E-state index in [1.54, 1.807) is 0 Å². The smallest absolute Gasteiger partial charge is 0.410 e. The summed E-state index contributed by atoms with van der Waals surface area (Å²) in [4.78, 5) is 13.2. The number of hydrogen-bond acceptors (Lipinski definition) is 2. The van der Waals surface area contributed by atoms with Crippen molar-refractivity contribution in [3.05, 3.63) is 0 Å². The molecule has 0 unspecified atom stereocenters. The summed E-state index contributed by atoms with van der Waals surface area (Å²) in [5, 5.41) is 0. The maximum atomic E-state index is 11.4. The van der Waals surface area contributed by atoms with E-state index in [2.05, 4.69) is 0 Å². The topological polar surface area (TPSA) is 29.5 Å². The van der Waals surface area contributed by atoms with Crippen LogP contribution in [0.4, 0.5) is 4.79 Å². The van der Waals surface area contributed by atoms with Crippen molar-refractivity contribution >= 4 is 6.09 Å². The lowest BCUT2D eigenvalue weighted by atomic mass is 9.85. The minimum Gasteiger partial charge on any atom is -0.441 e. The SMILES string of the molecule is CCN1CC2(CCCCC2)OC1=O. The maximum absolute atomic E-state index is 11.4. The average molecular weight is 183 g/mol. The Hall–Kier alpha value is -0.730. The Labute approximate surface area is 79.0 Å². The molecule has 0 aromatic heterocycles. The van der Waals surface area contributed by atoms with E-state index in [0.29, 0.717) is 0 Å². The van der Waals surface area contributed by atoms with Gasteiger partial charge in [-0.1, -0.05) is 6.42 Å². The van der Waals surface area contributed by atoms with Crippen LogP contribution in [0.5, 0.6) is 0 Å². The first-order valence-electron chi connectivity index (χ1n) is 5.24. The van der Waals surface area contributed by atoms with Gasteiger partial charge in [-0.3, -0.25) is 0 Å². The number of rotatable bonds is 1. The lowest BCUT2D eigenvalue weighted by Crippen LogP contribution is -2.36. The van der Waals surface area contributed by atoms with Gasteiger partial charge in [0.2, 0.25) is 0 Å². The summed E-state index contributed by atoms with van der Waals surface area (Å²) in [5.74, 6) is 0. The summed E-state index contributed by atoms with van der Waals surface area (Å²) in [6, 6.07) is 0. The summed E-state index contributed by atoms with van der Waals surface area (Å²) < 4.78 is 5.48. The van der Waals surface area contributed by atoms with Gasteiger partial charge in [0.1, 0.15) is 5.60 Å². The van der Waals surface area contributed by atoms with Gasteiger partial charge in [-0.25, -0.2) is 4.79 Å². The van der Waals surface area contributed by atoms with Crippen LogP contribution < -0.4 is 0 Å². The lowest BCUT2D eigenvalue weighted by molar-refractivity contribution is 0.0260. The van der Waals surface area contributed by atoms with Crippen molar-refractivity contribution in [2.75, 3.05) is 13.1 Å².